The predicted octanol–water partition coefficient (Wildman–Crippen LogP) is 2.84. The molecule has 89 heavy (non-hydrogen) atoms. The number of methoxy groups -OCH3 is 4. The van der Waals surface area contributed by atoms with Crippen molar-refractivity contribution in [2.24, 2.45) is 28.6 Å². The molecule has 510 valence electrons. The van der Waals surface area contributed by atoms with E-state index in [1.54, 1.807) is 35.2 Å². The van der Waals surface area contributed by atoms with Crippen LogP contribution in [-0.4, -0.2) is 256 Å². The molecule has 26 heteroatoms. The van der Waals surface area contributed by atoms with Crippen LogP contribution in [0.25, 0.3) is 0 Å². The Labute approximate surface area is 522 Å². The molecule has 11 aliphatic rings. The van der Waals surface area contributed by atoms with Crippen molar-refractivity contribution in [3.63, 3.8) is 0 Å². The molecule has 0 aromatic rings. The highest BCUT2D eigenvalue weighted by atomic mass is 16.8. The molecule has 35 unspecified atom stereocenters. The van der Waals surface area contributed by atoms with E-state index in [9.17, 15) is 35.1 Å². The first-order valence-electron chi connectivity index (χ1n) is 32.7. The summed E-state index contributed by atoms with van der Waals surface area (Å²) in [6.45, 7) is 16.5. The molecule has 0 aromatic heterocycles. The molecule has 8 heterocycles. The molecule has 11 rings (SSSR count). The number of ether oxygens (including phenoxy) is 19. The fraction of sp³-hybridized carbons (Fsp3) is 0.968. The van der Waals surface area contributed by atoms with Crippen LogP contribution < -0.4 is 0 Å². The summed E-state index contributed by atoms with van der Waals surface area (Å²) in [5.41, 5.74) is -0.890. The van der Waals surface area contributed by atoms with Gasteiger partial charge in [-0.3, -0.25) is 9.59 Å². The highest BCUT2D eigenvalue weighted by Gasteiger charge is 2.72. The van der Waals surface area contributed by atoms with Crippen molar-refractivity contribution in [1.82, 2.24) is 0 Å². The number of aliphatic hydroxyl groups excluding tert-OH is 5. The van der Waals surface area contributed by atoms with E-state index in [0.29, 0.717) is 31.6 Å². The summed E-state index contributed by atoms with van der Waals surface area (Å²) in [7, 11) is 6.36. The van der Waals surface area contributed by atoms with Gasteiger partial charge in [-0.1, -0.05) is 6.92 Å². The van der Waals surface area contributed by atoms with Gasteiger partial charge in [0.15, 0.2) is 55.4 Å². The van der Waals surface area contributed by atoms with Gasteiger partial charge in [-0.25, -0.2) is 0 Å². The Morgan fingerprint density at radius 1 is 0.539 bits per heavy atom. The van der Waals surface area contributed by atoms with Crippen molar-refractivity contribution in [3.8, 4) is 0 Å². The number of aliphatic hydroxyl groups is 5. The monoisotopic (exact) mass is 1270 g/mol. The van der Waals surface area contributed by atoms with E-state index in [-0.39, 0.29) is 60.3 Å². The van der Waals surface area contributed by atoms with E-state index in [4.69, 9.17) is 90.0 Å². The van der Waals surface area contributed by atoms with Gasteiger partial charge >= 0.3 is 5.97 Å². The van der Waals surface area contributed by atoms with E-state index < -0.39 is 177 Å². The van der Waals surface area contributed by atoms with Gasteiger partial charge in [0, 0.05) is 85.7 Å². The minimum absolute atomic E-state index is 0.0209. The Balaban J connectivity index is 0.636. The largest absolute Gasteiger partial charge is 0.455 e. The number of ketones is 1. The van der Waals surface area contributed by atoms with Crippen molar-refractivity contribution >= 4 is 11.8 Å². The van der Waals surface area contributed by atoms with E-state index in [0.717, 1.165) is 38.5 Å². The molecule has 0 amide bonds. The Kier molecular flexibility index (Phi) is 21.4. The summed E-state index contributed by atoms with van der Waals surface area (Å²) in [4.78, 5) is 26.0. The first-order valence-corrected chi connectivity index (χ1v) is 32.7. The average Bonchev–Trinajstić information content (AvgIpc) is 1.57. The second-order valence-electron chi connectivity index (χ2n) is 27.8. The van der Waals surface area contributed by atoms with Crippen LogP contribution >= 0.6 is 0 Å². The minimum atomic E-state index is -1.63. The molecule has 0 aromatic carbocycles. The molecular formula is C63H102O26. The number of Topliss-reactive ketones (excluding diaryl/α,β-unsaturated/α-hetero) is 1. The van der Waals surface area contributed by atoms with Crippen LogP contribution in [0.15, 0.2) is 0 Å². The lowest BCUT2D eigenvalue weighted by molar-refractivity contribution is -0.364. The number of hydrogen-bond acceptors (Lipinski definition) is 26. The Hall–Kier alpha value is -1.78. The molecule has 1 spiro atoms. The normalized spacial score (nSPS) is 53.5. The highest BCUT2D eigenvalue weighted by Crippen LogP contribution is 2.67. The van der Waals surface area contributed by atoms with Gasteiger partial charge in [-0.15, -0.1) is 0 Å². The first-order chi connectivity index (χ1) is 42.3. The molecule has 5 N–H and O–H groups in total. The summed E-state index contributed by atoms with van der Waals surface area (Å²) in [6.07, 6.45) is -14.7. The van der Waals surface area contributed by atoms with E-state index in [1.165, 1.54) is 14.0 Å². The number of rotatable bonds is 18. The number of fused-ring (bicyclic) bond motifs is 5. The zero-order valence-corrected chi connectivity index (χ0v) is 54.0. The summed E-state index contributed by atoms with van der Waals surface area (Å²) in [6, 6.07) is 0. The van der Waals surface area contributed by atoms with Crippen molar-refractivity contribution in [3.05, 3.63) is 0 Å². The van der Waals surface area contributed by atoms with Crippen LogP contribution in [0.2, 0.25) is 0 Å². The Bertz CT molecular complexity index is 2360. The molecular weight excluding hydrogens is 1170 g/mol. The summed E-state index contributed by atoms with van der Waals surface area (Å²) < 4.78 is 121. The van der Waals surface area contributed by atoms with Crippen LogP contribution in [0, 0.1) is 28.6 Å². The van der Waals surface area contributed by atoms with Crippen LogP contribution in [0.3, 0.4) is 0 Å². The average molecular weight is 1280 g/mol. The summed E-state index contributed by atoms with van der Waals surface area (Å²) in [5, 5.41) is 52.7. The zero-order chi connectivity index (χ0) is 63.8. The van der Waals surface area contributed by atoms with Crippen LogP contribution in [0.1, 0.15) is 139 Å². The third-order valence-corrected chi connectivity index (χ3v) is 22.4. The van der Waals surface area contributed by atoms with Crippen molar-refractivity contribution in [1.29, 1.82) is 0 Å². The maximum absolute atomic E-state index is 14.1. The second-order valence-corrected chi connectivity index (χ2v) is 27.8. The molecule has 2 bridgehead atoms. The van der Waals surface area contributed by atoms with Crippen molar-refractivity contribution in [2.75, 3.05) is 35.0 Å². The van der Waals surface area contributed by atoms with Crippen molar-refractivity contribution in [2.45, 2.75) is 323 Å². The number of carbonyl (C=O) groups excluding carboxylic acids is 2. The van der Waals surface area contributed by atoms with Gasteiger partial charge in [0.2, 0.25) is 0 Å². The third kappa shape index (κ3) is 13.3. The second kappa shape index (κ2) is 27.7. The van der Waals surface area contributed by atoms with Gasteiger partial charge in [0.05, 0.1) is 91.4 Å². The minimum Gasteiger partial charge on any atom is -0.455 e. The Morgan fingerprint density at radius 3 is 1.64 bits per heavy atom. The first kappa shape index (κ1) is 68.6. The summed E-state index contributed by atoms with van der Waals surface area (Å²) >= 11 is 0. The van der Waals surface area contributed by atoms with Crippen molar-refractivity contribution < 1.29 is 125 Å². The lowest BCUT2D eigenvalue weighted by Crippen LogP contribution is -2.62. The molecule has 8 aliphatic heterocycles. The van der Waals surface area contributed by atoms with Gasteiger partial charge < -0.3 is 116 Å². The van der Waals surface area contributed by atoms with E-state index in [2.05, 4.69) is 13.8 Å². The summed E-state index contributed by atoms with van der Waals surface area (Å²) in [5.74, 6) is -0.884. The lowest BCUT2D eigenvalue weighted by Gasteiger charge is -2.57. The SMILES string of the molecule is COC1CC(OC2C(C)OC(OC3C(C)OC(OC4CCC5(C)C(CCC67OC(C)C8CC(OC(C)=O)C(=O)C8(C)C(CC65)O7)C4)CC3OC)CC2OC)OC(C)C1OC1CC(O)C(OC2OC(C)CC(OC3OC(CO)C(O)C(O)C3O)C2OC)C(C)O1. The molecule has 0 radical (unpaired) electrons. The zero-order valence-electron chi connectivity index (χ0n) is 54.0. The maximum Gasteiger partial charge on any atom is 0.303 e. The lowest BCUT2D eigenvalue weighted by atomic mass is 9.52. The van der Waals surface area contributed by atoms with E-state index >= 15 is 0 Å². The molecule has 8 saturated heterocycles. The number of carbonyl (C=O) groups is 2. The van der Waals surface area contributed by atoms with Crippen LogP contribution in [0.5, 0.6) is 0 Å². The quantitative estimate of drug-likeness (QED) is 0.0973. The predicted molar refractivity (Wildman–Crippen MR) is 305 cm³/mol. The standard InChI is InChI=1S/C63H102O26/c1-27-18-41(82-59-52(69)51(68)50(67)43(26-64)83-59)57(74-13)60(75-27)87-53-29(3)76-46(21-37(53)66)84-54-31(5)78-48(23-39(54)72-11)86-56-32(6)79-49(24-40(56)73-12)85-55-30(4)77-47(22-38(55)71-10)81-35-15-16-61(8)34(19-35)14-17-63-44(61)25-45(89-63)62(9)36(28(2)88-63)20-42(58(62)70)80-33(7)65/h27-32,34-57,59-60,64,66-69H,14-26H2,1-13H3. The number of hydrogen-bond donors (Lipinski definition) is 5. The molecule has 26 nitrogen and oxygen atoms in total. The van der Waals surface area contributed by atoms with Gasteiger partial charge in [0.1, 0.15) is 54.9 Å². The highest BCUT2D eigenvalue weighted by molar-refractivity contribution is 5.93. The number of esters is 1. The Morgan fingerprint density at radius 2 is 1.10 bits per heavy atom. The van der Waals surface area contributed by atoms with E-state index in [1.807, 2.05) is 27.7 Å². The van der Waals surface area contributed by atoms with Gasteiger partial charge in [-0.2, -0.15) is 0 Å². The molecule has 11 fully saturated rings. The molecule has 3 aliphatic carbocycles. The molecule has 35 atom stereocenters. The fourth-order valence-electron chi connectivity index (χ4n) is 17.6. The van der Waals surface area contributed by atoms with Gasteiger partial charge in [0.25, 0.3) is 0 Å². The third-order valence-electron chi connectivity index (χ3n) is 22.4. The maximum atomic E-state index is 14.1. The topological polar surface area (TPSA) is 311 Å². The fourth-order valence-corrected chi connectivity index (χ4v) is 17.6. The molecule has 3 saturated carbocycles. The van der Waals surface area contributed by atoms with Gasteiger partial charge in [-0.05, 0) is 98.3 Å². The van der Waals surface area contributed by atoms with Crippen LogP contribution in [0.4, 0.5) is 0 Å². The van der Waals surface area contributed by atoms with Crippen LogP contribution in [-0.2, 0) is 99.6 Å². The smallest absolute Gasteiger partial charge is 0.303 e.